The van der Waals surface area contributed by atoms with E-state index in [9.17, 15) is 13.6 Å². The summed E-state index contributed by atoms with van der Waals surface area (Å²) in [6.07, 6.45) is 1.08. The molecule has 86 valence electrons. The number of alkyl halides is 2. The van der Waals surface area contributed by atoms with Crippen LogP contribution in [0.25, 0.3) is 0 Å². The maximum atomic E-state index is 12.0. The highest BCUT2D eigenvalue weighted by molar-refractivity contribution is 5.85. The number of benzene rings is 1. The van der Waals surface area contributed by atoms with Crippen molar-refractivity contribution in [3.63, 3.8) is 0 Å². The van der Waals surface area contributed by atoms with Crippen LogP contribution in [0.1, 0.15) is 18.4 Å². The van der Waals surface area contributed by atoms with E-state index in [1.165, 1.54) is 18.2 Å². The Hall–Kier alpha value is -1.65. The van der Waals surface area contributed by atoms with Gasteiger partial charge in [-0.3, -0.25) is 4.79 Å². The van der Waals surface area contributed by atoms with E-state index in [-0.39, 0.29) is 5.75 Å². The van der Waals surface area contributed by atoms with Gasteiger partial charge >= 0.3 is 12.6 Å². The lowest BCUT2D eigenvalue weighted by molar-refractivity contribution is -0.140. The molecule has 0 radical (unpaired) electrons. The van der Waals surface area contributed by atoms with Crippen LogP contribution in [-0.4, -0.2) is 17.7 Å². The standard InChI is InChI=1S/C11H10F2O3/c12-10(13)16-8-3-1-2-7(6-8)11(4-5-11)9(14)15/h1-3,6,10H,4-5H2,(H,14,15). The van der Waals surface area contributed by atoms with Crippen molar-refractivity contribution in [2.75, 3.05) is 0 Å². The molecule has 1 fully saturated rings. The Morgan fingerprint density at radius 1 is 1.44 bits per heavy atom. The fraction of sp³-hybridized carbons (Fsp3) is 0.364. The molecular weight excluding hydrogens is 218 g/mol. The van der Waals surface area contributed by atoms with Gasteiger partial charge in [0.1, 0.15) is 5.75 Å². The number of aliphatic carboxylic acids is 1. The molecule has 0 atom stereocenters. The van der Waals surface area contributed by atoms with Gasteiger partial charge in [0.15, 0.2) is 0 Å². The van der Waals surface area contributed by atoms with Crippen molar-refractivity contribution in [3.05, 3.63) is 29.8 Å². The van der Waals surface area contributed by atoms with Crippen molar-refractivity contribution in [1.82, 2.24) is 0 Å². The lowest BCUT2D eigenvalue weighted by Gasteiger charge is -2.11. The summed E-state index contributed by atoms with van der Waals surface area (Å²) in [6.45, 7) is -2.89. The summed E-state index contributed by atoms with van der Waals surface area (Å²) in [4.78, 5) is 11.0. The first-order valence-electron chi connectivity index (χ1n) is 4.83. The molecule has 0 aromatic heterocycles. The summed E-state index contributed by atoms with van der Waals surface area (Å²) in [7, 11) is 0. The molecular formula is C11H10F2O3. The van der Waals surface area contributed by atoms with Gasteiger partial charge in [-0.25, -0.2) is 0 Å². The van der Waals surface area contributed by atoms with Crippen molar-refractivity contribution in [2.45, 2.75) is 24.9 Å². The number of carboxylic acid groups (broad SMARTS) is 1. The largest absolute Gasteiger partial charge is 0.481 e. The van der Waals surface area contributed by atoms with Crippen LogP contribution in [0, 0.1) is 0 Å². The molecule has 0 spiro atoms. The minimum absolute atomic E-state index is 0.0000231. The Morgan fingerprint density at radius 2 is 2.12 bits per heavy atom. The summed E-state index contributed by atoms with van der Waals surface area (Å²) in [6, 6.07) is 5.90. The fourth-order valence-corrected chi connectivity index (χ4v) is 1.72. The molecule has 0 saturated heterocycles. The van der Waals surface area contributed by atoms with E-state index in [1.807, 2.05) is 0 Å². The van der Waals surface area contributed by atoms with Gasteiger partial charge in [-0.2, -0.15) is 8.78 Å². The van der Waals surface area contributed by atoms with Crippen LogP contribution in [-0.2, 0) is 10.2 Å². The normalized spacial score (nSPS) is 17.2. The summed E-state index contributed by atoms with van der Waals surface area (Å²) in [5, 5.41) is 9.04. The highest BCUT2D eigenvalue weighted by Crippen LogP contribution is 2.49. The second kappa shape index (κ2) is 3.73. The van der Waals surface area contributed by atoms with Crippen LogP contribution >= 0.6 is 0 Å². The zero-order chi connectivity index (χ0) is 11.8. The SMILES string of the molecule is O=C(O)C1(c2cccc(OC(F)F)c2)CC1. The molecule has 1 saturated carbocycles. The molecule has 1 aromatic rings. The van der Waals surface area contributed by atoms with E-state index in [1.54, 1.807) is 6.07 Å². The van der Waals surface area contributed by atoms with Crippen LogP contribution in [0.5, 0.6) is 5.75 Å². The Labute approximate surface area is 90.7 Å². The first-order valence-corrected chi connectivity index (χ1v) is 4.83. The van der Waals surface area contributed by atoms with Crippen molar-refractivity contribution in [1.29, 1.82) is 0 Å². The van der Waals surface area contributed by atoms with Crippen molar-refractivity contribution in [3.8, 4) is 5.75 Å². The molecule has 0 aliphatic heterocycles. The summed E-state index contributed by atoms with van der Waals surface area (Å²) in [5.41, 5.74) is -0.361. The number of carboxylic acids is 1. The highest BCUT2D eigenvalue weighted by atomic mass is 19.3. The van der Waals surface area contributed by atoms with E-state index in [0.29, 0.717) is 18.4 Å². The third-order valence-corrected chi connectivity index (χ3v) is 2.77. The zero-order valence-corrected chi connectivity index (χ0v) is 8.32. The summed E-state index contributed by atoms with van der Waals surface area (Å²) in [5.74, 6) is -0.915. The summed E-state index contributed by atoms with van der Waals surface area (Å²) >= 11 is 0. The molecule has 5 heteroatoms. The molecule has 0 bridgehead atoms. The topological polar surface area (TPSA) is 46.5 Å². The monoisotopic (exact) mass is 228 g/mol. The number of halogens is 2. The van der Waals surface area contributed by atoms with Crippen molar-refractivity contribution >= 4 is 5.97 Å². The third-order valence-electron chi connectivity index (χ3n) is 2.77. The number of hydrogen-bond donors (Lipinski definition) is 1. The lowest BCUT2D eigenvalue weighted by atomic mass is 9.96. The van der Waals surface area contributed by atoms with Crippen molar-refractivity contribution in [2.24, 2.45) is 0 Å². The van der Waals surface area contributed by atoms with Gasteiger partial charge in [-0.05, 0) is 30.5 Å². The fourth-order valence-electron chi connectivity index (χ4n) is 1.72. The number of hydrogen-bond acceptors (Lipinski definition) is 2. The molecule has 3 nitrogen and oxygen atoms in total. The van der Waals surface area contributed by atoms with Gasteiger partial charge in [0, 0.05) is 0 Å². The maximum Gasteiger partial charge on any atom is 0.387 e. The van der Waals surface area contributed by atoms with E-state index in [2.05, 4.69) is 4.74 Å². The van der Waals surface area contributed by atoms with Gasteiger partial charge in [-0.1, -0.05) is 12.1 Å². The third kappa shape index (κ3) is 1.85. The van der Waals surface area contributed by atoms with E-state index in [0.717, 1.165) is 0 Å². The molecule has 1 aromatic carbocycles. The highest BCUT2D eigenvalue weighted by Gasteiger charge is 2.51. The minimum atomic E-state index is -2.89. The van der Waals surface area contributed by atoms with Gasteiger partial charge in [-0.15, -0.1) is 0 Å². The molecule has 1 aliphatic rings. The second-order valence-corrected chi connectivity index (χ2v) is 3.79. The first-order chi connectivity index (χ1) is 7.54. The predicted octanol–water partition coefficient (Wildman–Crippen LogP) is 2.40. The summed E-state index contributed by atoms with van der Waals surface area (Å²) < 4.78 is 28.2. The lowest BCUT2D eigenvalue weighted by Crippen LogP contribution is -2.19. The van der Waals surface area contributed by atoms with Crippen LogP contribution < -0.4 is 4.74 Å². The number of ether oxygens (including phenoxy) is 1. The molecule has 0 heterocycles. The Balaban J connectivity index is 2.26. The molecule has 1 N–H and O–H groups in total. The Kier molecular flexibility index (Phi) is 2.53. The average molecular weight is 228 g/mol. The van der Waals surface area contributed by atoms with Gasteiger partial charge in [0.2, 0.25) is 0 Å². The quantitative estimate of drug-likeness (QED) is 0.860. The Bertz CT molecular complexity index is 413. The number of rotatable bonds is 4. The van der Waals surface area contributed by atoms with Gasteiger partial charge in [0.05, 0.1) is 5.41 Å². The van der Waals surface area contributed by atoms with Crippen LogP contribution in [0.15, 0.2) is 24.3 Å². The van der Waals surface area contributed by atoms with Crippen LogP contribution in [0.4, 0.5) is 8.78 Å². The smallest absolute Gasteiger partial charge is 0.387 e. The molecule has 0 amide bonds. The zero-order valence-electron chi connectivity index (χ0n) is 8.32. The minimum Gasteiger partial charge on any atom is -0.481 e. The number of carbonyl (C=O) groups is 1. The molecule has 1 aliphatic carbocycles. The van der Waals surface area contributed by atoms with E-state index < -0.39 is 18.0 Å². The Morgan fingerprint density at radius 3 is 2.62 bits per heavy atom. The van der Waals surface area contributed by atoms with E-state index in [4.69, 9.17) is 5.11 Å². The van der Waals surface area contributed by atoms with Crippen LogP contribution in [0.2, 0.25) is 0 Å². The van der Waals surface area contributed by atoms with Gasteiger partial charge in [0.25, 0.3) is 0 Å². The predicted molar refractivity (Wildman–Crippen MR) is 51.6 cm³/mol. The molecule has 0 unspecified atom stereocenters. The van der Waals surface area contributed by atoms with Crippen molar-refractivity contribution < 1.29 is 23.4 Å². The van der Waals surface area contributed by atoms with Crippen LogP contribution in [0.3, 0.4) is 0 Å². The second-order valence-electron chi connectivity index (χ2n) is 3.79. The maximum absolute atomic E-state index is 12.0. The van der Waals surface area contributed by atoms with Gasteiger partial charge < -0.3 is 9.84 Å². The molecule has 2 rings (SSSR count). The van der Waals surface area contributed by atoms with E-state index >= 15 is 0 Å². The molecule has 16 heavy (non-hydrogen) atoms. The average Bonchev–Trinajstić information content (AvgIpc) is 2.97. The first kappa shape index (κ1) is 10.9.